The number of benzene rings is 8. The van der Waals surface area contributed by atoms with Gasteiger partial charge in [-0.3, -0.25) is 4.98 Å². The average molecular weight is 882 g/mol. The lowest BCUT2D eigenvalue weighted by molar-refractivity contribution is 0.590. The molecule has 0 N–H and O–H groups in total. The van der Waals surface area contributed by atoms with Gasteiger partial charge in [0.15, 0.2) is 8.07 Å². The summed E-state index contributed by atoms with van der Waals surface area (Å²) in [5.41, 5.74) is 17.0. The number of para-hydroxylation sites is 1. The van der Waals surface area contributed by atoms with Gasteiger partial charge in [-0.2, -0.15) is 0 Å². The molecule has 0 saturated carbocycles. The van der Waals surface area contributed by atoms with Crippen LogP contribution in [0.25, 0.3) is 11.3 Å². The highest BCUT2D eigenvalue weighted by atomic mass is 28.3. The Morgan fingerprint density at radius 1 is 0.418 bits per heavy atom. The minimum Gasteiger partial charge on any atom is -0.311 e. The lowest BCUT2D eigenvalue weighted by atomic mass is 9.33. The van der Waals surface area contributed by atoms with Gasteiger partial charge in [0, 0.05) is 40.2 Å². The molecule has 0 saturated heterocycles. The van der Waals surface area contributed by atoms with Crippen molar-refractivity contribution < 1.29 is 0 Å². The van der Waals surface area contributed by atoms with Crippen LogP contribution < -0.4 is 46.9 Å². The second-order valence-electron chi connectivity index (χ2n) is 20.5. The Balaban J connectivity index is 1.21. The molecule has 3 nitrogen and oxygen atoms in total. The second kappa shape index (κ2) is 16.3. The minimum atomic E-state index is -2.88. The SMILES string of the molecule is Cc1cc2c3c(c1)N(c1ccc([Si](c4ccccc4)(c4ccccc4)c4ccccc4)cc1-c1ccccn1)c1ccccc1B3c1cc(C(C)(C)C)ccc1N2c1ccc(C(C)(C)C)cc1. The Kier molecular flexibility index (Phi) is 10.3. The van der Waals surface area contributed by atoms with E-state index in [1.165, 1.54) is 76.6 Å². The third-order valence-corrected chi connectivity index (χ3v) is 19.0. The number of rotatable bonds is 7. The van der Waals surface area contributed by atoms with Gasteiger partial charge in [0.2, 0.25) is 0 Å². The lowest BCUT2D eigenvalue weighted by Gasteiger charge is -2.45. The zero-order valence-corrected chi connectivity index (χ0v) is 40.6. The molecule has 0 atom stereocenters. The molecule has 8 aromatic carbocycles. The fourth-order valence-electron chi connectivity index (χ4n) is 11.0. The molecule has 2 aliphatic heterocycles. The zero-order valence-electron chi connectivity index (χ0n) is 39.6. The molecule has 0 amide bonds. The molecule has 0 fully saturated rings. The molecule has 0 radical (unpaired) electrons. The van der Waals surface area contributed by atoms with Gasteiger partial charge >= 0.3 is 0 Å². The third kappa shape index (κ3) is 7.07. The molecule has 5 heteroatoms. The van der Waals surface area contributed by atoms with Crippen LogP contribution in [-0.4, -0.2) is 19.8 Å². The van der Waals surface area contributed by atoms with Crippen molar-refractivity contribution in [2.45, 2.75) is 59.3 Å². The molecule has 67 heavy (non-hydrogen) atoms. The van der Waals surface area contributed by atoms with E-state index in [1.807, 2.05) is 12.3 Å². The first kappa shape index (κ1) is 42.4. The van der Waals surface area contributed by atoms with Crippen molar-refractivity contribution in [2.75, 3.05) is 9.80 Å². The average Bonchev–Trinajstić information content (AvgIpc) is 3.35. The fraction of sp³-hybridized carbons (Fsp3) is 0.145. The summed E-state index contributed by atoms with van der Waals surface area (Å²) in [4.78, 5) is 10.2. The van der Waals surface area contributed by atoms with E-state index in [1.54, 1.807) is 0 Å². The first-order chi connectivity index (χ1) is 32.4. The van der Waals surface area contributed by atoms with Crippen molar-refractivity contribution in [3.8, 4) is 11.3 Å². The molecule has 2 aliphatic rings. The topological polar surface area (TPSA) is 19.4 Å². The first-order valence-electron chi connectivity index (χ1n) is 23.7. The number of aromatic nitrogens is 1. The standard InChI is InChI=1S/C62H56BN3Si/c1-43-39-58-60-59(40-43)66(56-29-18-17-27-52(56)63(60)53-41-45(62(5,6)7)32-36-57(53)65(58)46-33-30-44(31-34-46)61(2,3)4)55-37-35-50(42-51(55)54-28-19-20-38-64-54)67(47-21-11-8-12-22-47,48-23-13-9-14-24-48)49-25-15-10-16-26-49/h8-42H,1-7H3. The number of hydrogen-bond acceptors (Lipinski definition) is 3. The number of aryl methyl sites for hydroxylation is 1. The van der Waals surface area contributed by atoms with Crippen LogP contribution >= 0.6 is 0 Å². The van der Waals surface area contributed by atoms with Crippen molar-refractivity contribution in [1.29, 1.82) is 0 Å². The normalized spacial score (nSPS) is 13.2. The van der Waals surface area contributed by atoms with Crippen molar-refractivity contribution in [2.24, 2.45) is 0 Å². The van der Waals surface area contributed by atoms with Crippen LogP contribution in [0.5, 0.6) is 0 Å². The maximum Gasteiger partial charge on any atom is 0.252 e. The maximum atomic E-state index is 5.15. The van der Waals surface area contributed by atoms with E-state index in [0.29, 0.717) is 0 Å². The van der Waals surface area contributed by atoms with Crippen LogP contribution in [0.4, 0.5) is 34.1 Å². The van der Waals surface area contributed by atoms with Gasteiger partial charge in [0.05, 0.1) is 11.4 Å². The summed E-state index contributed by atoms with van der Waals surface area (Å²) in [7, 11) is -2.88. The van der Waals surface area contributed by atoms with Crippen LogP contribution in [-0.2, 0) is 10.8 Å². The number of anilines is 6. The van der Waals surface area contributed by atoms with Gasteiger partial charge in [-0.05, 0) is 126 Å². The van der Waals surface area contributed by atoms with E-state index in [2.05, 4.69) is 258 Å². The molecule has 0 bridgehead atoms. The van der Waals surface area contributed by atoms with E-state index in [0.717, 1.165) is 22.6 Å². The van der Waals surface area contributed by atoms with E-state index >= 15 is 0 Å². The van der Waals surface area contributed by atoms with E-state index in [9.17, 15) is 0 Å². The van der Waals surface area contributed by atoms with Crippen molar-refractivity contribution in [1.82, 2.24) is 4.98 Å². The zero-order chi connectivity index (χ0) is 46.1. The Morgan fingerprint density at radius 2 is 0.940 bits per heavy atom. The highest BCUT2D eigenvalue weighted by Crippen LogP contribution is 2.47. The molecule has 0 aliphatic carbocycles. The molecule has 3 heterocycles. The number of fused-ring (bicyclic) bond motifs is 4. The molecule has 326 valence electrons. The highest BCUT2D eigenvalue weighted by Gasteiger charge is 2.46. The van der Waals surface area contributed by atoms with Crippen LogP contribution in [0.1, 0.15) is 58.2 Å². The Labute approximate surface area is 398 Å². The predicted molar refractivity (Wildman–Crippen MR) is 289 cm³/mol. The fourth-order valence-corrected chi connectivity index (χ4v) is 15.7. The number of nitrogens with zero attached hydrogens (tertiary/aromatic N) is 3. The quantitative estimate of drug-likeness (QED) is 0.117. The molecular formula is C62H56BN3Si. The Bertz CT molecular complexity index is 3170. The number of hydrogen-bond donors (Lipinski definition) is 0. The minimum absolute atomic E-state index is 0.0207. The summed E-state index contributed by atoms with van der Waals surface area (Å²) in [6, 6.07) is 77.8. The Morgan fingerprint density at radius 3 is 1.52 bits per heavy atom. The largest absolute Gasteiger partial charge is 0.311 e. The molecule has 0 unspecified atom stereocenters. The van der Waals surface area contributed by atoms with Gasteiger partial charge in [-0.25, -0.2) is 0 Å². The van der Waals surface area contributed by atoms with Gasteiger partial charge in [-0.1, -0.05) is 193 Å². The van der Waals surface area contributed by atoms with Crippen molar-refractivity contribution in [3.63, 3.8) is 0 Å². The van der Waals surface area contributed by atoms with Crippen LogP contribution in [0, 0.1) is 6.92 Å². The summed E-state index contributed by atoms with van der Waals surface area (Å²) in [5, 5.41) is 5.34. The van der Waals surface area contributed by atoms with Gasteiger partial charge in [0.1, 0.15) is 0 Å². The smallest absolute Gasteiger partial charge is 0.252 e. The van der Waals surface area contributed by atoms with Crippen molar-refractivity contribution in [3.05, 3.63) is 229 Å². The molecule has 11 rings (SSSR count). The summed E-state index contributed by atoms with van der Waals surface area (Å²) in [6.45, 7) is 16.1. The summed E-state index contributed by atoms with van der Waals surface area (Å²) in [5.74, 6) is 0. The number of pyridine rings is 1. The van der Waals surface area contributed by atoms with Crippen LogP contribution in [0.15, 0.2) is 212 Å². The second-order valence-corrected chi connectivity index (χ2v) is 24.3. The molecule has 0 spiro atoms. The van der Waals surface area contributed by atoms with Gasteiger partial charge in [0.25, 0.3) is 6.71 Å². The molecular weight excluding hydrogens is 826 g/mol. The first-order valence-corrected chi connectivity index (χ1v) is 25.7. The van der Waals surface area contributed by atoms with E-state index in [4.69, 9.17) is 4.98 Å². The summed E-state index contributed by atoms with van der Waals surface area (Å²) in [6.07, 6.45) is 1.93. The van der Waals surface area contributed by atoms with E-state index < -0.39 is 8.07 Å². The molecule has 1 aromatic heterocycles. The maximum absolute atomic E-state index is 5.15. The highest BCUT2D eigenvalue weighted by molar-refractivity contribution is 7.20. The molecule has 9 aromatic rings. The monoisotopic (exact) mass is 881 g/mol. The van der Waals surface area contributed by atoms with E-state index in [-0.39, 0.29) is 17.5 Å². The third-order valence-electron chi connectivity index (χ3n) is 14.2. The van der Waals surface area contributed by atoms with Crippen LogP contribution in [0.2, 0.25) is 0 Å². The van der Waals surface area contributed by atoms with Crippen LogP contribution in [0.3, 0.4) is 0 Å². The predicted octanol–water partition coefficient (Wildman–Crippen LogP) is 11.1. The summed E-state index contributed by atoms with van der Waals surface area (Å²) >= 11 is 0. The van der Waals surface area contributed by atoms with Gasteiger partial charge in [-0.15, -0.1) is 0 Å². The lowest BCUT2D eigenvalue weighted by Crippen LogP contribution is -2.74. The van der Waals surface area contributed by atoms with Crippen molar-refractivity contribution >= 4 is 86.0 Å². The Hall–Kier alpha value is -7.21. The van der Waals surface area contributed by atoms with Gasteiger partial charge < -0.3 is 9.80 Å². The summed E-state index contributed by atoms with van der Waals surface area (Å²) < 4.78 is 0.